The zero-order valence-electron chi connectivity index (χ0n) is 21.7. The number of non-ortho nitro benzene ring substituents is 1. The third-order valence-electron chi connectivity index (χ3n) is 6.24. The summed E-state index contributed by atoms with van der Waals surface area (Å²) in [6, 6.07) is 19.9. The van der Waals surface area contributed by atoms with Crippen LogP contribution in [0.3, 0.4) is 0 Å². The van der Waals surface area contributed by atoms with Crippen molar-refractivity contribution in [3.63, 3.8) is 0 Å². The number of amides is 1. The first-order valence-electron chi connectivity index (χ1n) is 12.9. The van der Waals surface area contributed by atoms with Gasteiger partial charge in [-0.1, -0.05) is 62.2 Å². The quantitative estimate of drug-likeness (QED) is 0.0869. The fourth-order valence-electron chi connectivity index (χ4n) is 4.06. The molecule has 1 aromatic heterocycles. The lowest BCUT2D eigenvalue weighted by molar-refractivity contribution is -0.384. The molecular weight excluding hydrogens is 517 g/mol. The van der Waals surface area contributed by atoms with Crippen molar-refractivity contribution >= 4 is 23.4 Å². The summed E-state index contributed by atoms with van der Waals surface area (Å²) in [6.45, 7) is 2.30. The Labute approximate surface area is 230 Å². The molecule has 0 fully saturated rings. The fraction of sp³-hybridized carbons (Fsp3) is 0.276. The van der Waals surface area contributed by atoms with Gasteiger partial charge >= 0.3 is 0 Å². The second-order valence-corrected chi connectivity index (χ2v) is 10.1. The maximum atomic E-state index is 13.3. The number of nitro groups is 1. The van der Waals surface area contributed by atoms with Crippen molar-refractivity contribution in [1.29, 1.82) is 0 Å². The van der Waals surface area contributed by atoms with Crippen molar-refractivity contribution in [3.05, 3.63) is 111 Å². The van der Waals surface area contributed by atoms with Gasteiger partial charge in [-0.25, -0.2) is 4.39 Å². The molecule has 0 unspecified atom stereocenters. The van der Waals surface area contributed by atoms with Gasteiger partial charge in [-0.3, -0.25) is 19.5 Å². The molecule has 0 radical (unpaired) electrons. The average molecular weight is 548 g/mol. The molecule has 0 aliphatic heterocycles. The standard InChI is InChI=1S/C29H30FN5O3S/c1-2-3-4-5-6-21-7-11-23(12-8-21)28(36)31-19-27-32-33-29(39-20-22-9-13-24(30)14-10-22)34(27)25-15-17-26(18-16-25)35(37)38/h7-18H,2-6,19-20H2,1H3,(H,31,36). The zero-order chi connectivity index (χ0) is 27.6. The predicted molar refractivity (Wildman–Crippen MR) is 149 cm³/mol. The van der Waals surface area contributed by atoms with Crippen LogP contribution in [0.4, 0.5) is 10.1 Å². The topological polar surface area (TPSA) is 103 Å². The summed E-state index contributed by atoms with van der Waals surface area (Å²) >= 11 is 1.39. The van der Waals surface area contributed by atoms with E-state index in [9.17, 15) is 19.3 Å². The van der Waals surface area contributed by atoms with Crippen LogP contribution in [0.15, 0.2) is 78.0 Å². The van der Waals surface area contributed by atoms with E-state index in [0.717, 1.165) is 18.4 Å². The normalized spacial score (nSPS) is 10.9. The molecule has 0 saturated carbocycles. The third kappa shape index (κ3) is 7.73. The van der Waals surface area contributed by atoms with Gasteiger partial charge in [0, 0.05) is 29.1 Å². The van der Waals surface area contributed by atoms with Gasteiger partial charge in [-0.2, -0.15) is 0 Å². The van der Waals surface area contributed by atoms with E-state index in [2.05, 4.69) is 22.4 Å². The number of carbonyl (C=O) groups is 1. The summed E-state index contributed by atoms with van der Waals surface area (Å²) in [5.41, 5.74) is 3.27. The lowest BCUT2D eigenvalue weighted by Crippen LogP contribution is -2.24. The number of rotatable bonds is 13. The van der Waals surface area contributed by atoms with Gasteiger partial charge in [0.25, 0.3) is 11.6 Å². The molecule has 0 bridgehead atoms. The van der Waals surface area contributed by atoms with E-state index in [0.29, 0.717) is 28.0 Å². The lowest BCUT2D eigenvalue weighted by Gasteiger charge is -2.11. The van der Waals surface area contributed by atoms with E-state index in [1.165, 1.54) is 60.9 Å². The molecule has 39 heavy (non-hydrogen) atoms. The van der Waals surface area contributed by atoms with Gasteiger partial charge < -0.3 is 5.32 Å². The van der Waals surface area contributed by atoms with Crippen LogP contribution in [0.25, 0.3) is 5.69 Å². The highest BCUT2D eigenvalue weighted by Gasteiger charge is 2.17. The van der Waals surface area contributed by atoms with Crippen LogP contribution < -0.4 is 5.32 Å². The summed E-state index contributed by atoms with van der Waals surface area (Å²) in [5, 5.41) is 23.2. The van der Waals surface area contributed by atoms with Crippen LogP contribution in [0.5, 0.6) is 0 Å². The third-order valence-corrected chi connectivity index (χ3v) is 7.24. The minimum atomic E-state index is -0.461. The Morgan fingerprint density at radius 2 is 1.64 bits per heavy atom. The molecule has 4 rings (SSSR count). The van der Waals surface area contributed by atoms with E-state index in [-0.39, 0.29) is 24.0 Å². The lowest BCUT2D eigenvalue weighted by atomic mass is 10.0. The van der Waals surface area contributed by atoms with E-state index in [1.54, 1.807) is 28.8 Å². The van der Waals surface area contributed by atoms with Gasteiger partial charge in [0.2, 0.25) is 0 Å². The highest BCUT2D eigenvalue weighted by atomic mass is 32.2. The first-order chi connectivity index (χ1) is 18.9. The second-order valence-electron chi connectivity index (χ2n) is 9.11. The molecule has 0 atom stereocenters. The Balaban J connectivity index is 1.47. The van der Waals surface area contributed by atoms with Crippen molar-refractivity contribution in [2.24, 2.45) is 0 Å². The van der Waals surface area contributed by atoms with Crippen molar-refractivity contribution < 1.29 is 14.1 Å². The number of hydrogen-bond acceptors (Lipinski definition) is 6. The Morgan fingerprint density at radius 3 is 2.31 bits per heavy atom. The summed E-state index contributed by atoms with van der Waals surface area (Å²) in [4.78, 5) is 23.5. The molecule has 0 saturated heterocycles. The molecule has 0 aliphatic carbocycles. The number of benzene rings is 3. The number of hydrogen-bond donors (Lipinski definition) is 1. The minimum Gasteiger partial charge on any atom is -0.345 e. The summed E-state index contributed by atoms with van der Waals surface area (Å²) in [5.74, 6) is 0.456. The van der Waals surface area contributed by atoms with E-state index < -0.39 is 4.92 Å². The first kappa shape index (κ1) is 28.0. The zero-order valence-corrected chi connectivity index (χ0v) is 22.5. The maximum absolute atomic E-state index is 13.3. The number of aryl methyl sites for hydroxylation is 1. The monoisotopic (exact) mass is 547 g/mol. The van der Waals surface area contributed by atoms with Crippen molar-refractivity contribution in [1.82, 2.24) is 20.1 Å². The van der Waals surface area contributed by atoms with Crippen molar-refractivity contribution in [2.75, 3.05) is 0 Å². The summed E-state index contributed by atoms with van der Waals surface area (Å²) in [7, 11) is 0. The highest BCUT2D eigenvalue weighted by Crippen LogP contribution is 2.26. The van der Waals surface area contributed by atoms with Crippen LogP contribution in [-0.4, -0.2) is 25.6 Å². The van der Waals surface area contributed by atoms with Crippen molar-refractivity contribution in [3.8, 4) is 5.69 Å². The molecule has 1 N–H and O–H groups in total. The van der Waals surface area contributed by atoms with E-state index in [4.69, 9.17) is 0 Å². The van der Waals surface area contributed by atoms with Crippen LogP contribution in [-0.2, 0) is 18.7 Å². The fourth-order valence-corrected chi connectivity index (χ4v) is 4.99. The summed E-state index contributed by atoms with van der Waals surface area (Å²) in [6.07, 6.45) is 5.78. The predicted octanol–water partition coefficient (Wildman–Crippen LogP) is 6.66. The molecule has 0 spiro atoms. The SMILES string of the molecule is CCCCCCc1ccc(C(=O)NCc2nnc(SCc3ccc(F)cc3)n2-c2ccc([N+](=O)[O-])cc2)cc1. The van der Waals surface area contributed by atoms with Gasteiger partial charge in [-0.15, -0.1) is 10.2 Å². The molecule has 0 aliphatic rings. The second kappa shape index (κ2) is 13.7. The van der Waals surface area contributed by atoms with Crippen molar-refractivity contribution in [2.45, 2.75) is 56.5 Å². The maximum Gasteiger partial charge on any atom is 0.269 e. The minimum absolute atomic E-state index is 0.0315. The van der Waals surface area contributed by atoms with E-state index >= 15 is 0 Å². The molecular formula is C29H30FN5O3S. The Morgan fingerprint density at radius 1 is 0.949 bits per heavy atom. The number of thioether (sulfide) groups is 1. The molecule has 1 amide bonds. The number of aromatic nitrogens is 3. The Kier molecular flexibility index (Phi) is 9.80. The van der Waals surface area contributed by atoms with Crippen LogP contribution in [0.1, 0.15) is 59.9 Å². The number of unbranched alkanes of at least 4 members (excludes halogenated alkanes) is 3. The number of nitrogens with one attached hydrogen (secondary N) is 1. The van der Waals surface area contributed by atoms with Crippen LogP contribution >= 0.6 is 11.8 Å². The average Bonchev–Trinajstić information content (AvgIpc) is 3.37. The van der Waals surface area contributed by atoms with Gasteiger partial charge in [-0.05, 0) is 60.4 Å². The van der Waals surface area contributed by atoms with Crippen LogP contribution in [0, 0.1) is 15.9 Å². The molecule has 202 valence electrons. The van der Waals surface area contributed by atoms with Gasteiger partial charge in [0.1, 0.15) is 5.82 Å². The number of halogens is 1. The smallest absolute Gasteiger partial charge is 0.269 e. The van der Waals surface area contributed by atoms with Gasteiger partial charge in [0.05, 0.1) is 11.5 Å². The highest BCUT2D eigenvalue weighted by molar-refractivity contribution is 7.98. The first-order valence-corrected chi connectivity index (χ1v) is 13.9. The number of nitrogens with zero attached hydrogens (tertiary/aromatic N) is 4. The summed E-state index contributed by atoms with van der Waals surface area (Å²) < 4.78 is 15.0. The molecule has 4 aromatic rings. The largest absolute Gasteiger partial charge is 0.345 e. The van der Waals surface area contributed by atoms with Gasteiger partial charge in [0.15, 0.2) is 11.0 Å². The number of carbonyl (C=O) groups excluding carboxylic acids is 1. The van der Waals surface area contributed by atoms with Crippen LogP contribution in [0.2, 0.25) is 0 Å². The molecule has 1 heterocycles. The Bertz CT molecular complexity index is 1390. The Hall–Kier alpha value is -4.05. The molecule has 10 heteroatoms. The molecule has 3 aromatic carbocycles. The molecule has 8 nitrogen and oxygen atoms in total. The number of nitro benzene ring substituents is 1. The van der Waals surface area contributed by atoms with E-state index in [1.807, 2.05) is 24.3 Å².